The molecule has 1 nitrogen and oxygen atoms in total. The lowest BCUT2D eigenvalue weighted by Crippen LogP contribution is -2.34. The molecule has 2 bridgehead atoms. The largest absolute Gasteiger partial charge is 0.297 e. The lowest BCUT2D eigenvalue weighted by Gasteiger charge is -2.29. The molecule has 0 spiro atoms. The Labute approximate surface area is 139 Å². The number of rotatable bonds is 1. The predicted octanol–water partition coefficient (Wildman–Crippen LogP) is 5.38. The summed E-state index contributed by atoms with van der Waals surface area (Å²) in [6.07, 6.45) is 6.32. The maximum atomic E-state index is 6.28. The van der Waals surface area contributed by atoms with Gasteiger partial charge in [0, 0.05) is 32.1 Å². The summed E-state index contributed by atoms with van der Waals surface area (Å²) >= 11 is 8.16. The highest BCUT2D eigenvalue weighted by molar-refractivity contribution is 8.93. The van der Waals surface area contributed by atoms with Crippen molar-refractivity contribution in [1.82, 2.24) is 4.90 Å². The van der Waals surface area contributed by atoms with E-state index in [2.05, 4.69) is 30.2 Å². The molecule has 0 N–H and O–H groups in total. The average molecular weight is 371 g/mol. The standard InChI is InChI=1S/C16H16ClNS.BrH/c1-18-11-5-6-12(18)8-10(7-11)16-9-13-14(17)3-2-4-15(13)19-16;/h2-4,7,9,11-12H,5-6,8H2,1H3;1H. The molecule has 0 saturated carbocycles. The van der Waals surface area contributed by atoms with Crippen molar-refractivity contribution < 1.29 is 0 Å². The van der Waals surface area contributed by atoms with Crippen LogP contribution in [0.3, 0.4) is 0 Å². The second-order valence-corrected chi connectivity index (χ2v) is 7.11. The molecule has 0 aliphatic carbocycles. The first-order chi connectivity index (χ1) is 9.22. The SMILES string of the molecule is Br.CN1C2C=C(c3cc4c(Cl)cccc4s3)CC1CC2. The molecule has 2 aromatic rings. The van der Waals surface area contributed by atoms with Crippen LogP contribution in [0.5, 0.6) is 0 Å². The van der Waals surface area contributed by atoms with E-state index in [0.717, 1.165) is 11.1 Å². The van der Waals surface area contributed by atoms with Crippen LogP contribution in [0, 0.1) is 0 Å². The second kappa shape index (κ2) is 5.45. The van der Waals surface area contributed by atoms with Gasteiger partial charge in [-0.2, -0.15) is 0 Å². The fourth-order valence-corrected chi connectivity index (χ4v) is 4.82. The third-order valence-corrected chi connectivity index (χ3v) is 6.07. The minimum absolute atomic E-state index is 0. The van der Waals surface area contributed by atoms with Gasteiger partial charge in [0.15, 0.2) is 0 Å². The number of nitrogens with zero attached hydrogens (tertiary/aromatic N) is 1. The average Bonchev–Trinajstić information content (AvgIpc) is 2.89. The van der Waals surface area contributed by atoms with Crippen molar-refractivity contribution in [3.63, 3.8) is 0 Å². The normalized spacial score (nSPS) is 25.6. The summed E-state index contributed by atoms with van der Waals surface area (Å²) in [6, 6.07) is 9.85. The van der Waals surface area contributed by atoms with Gasteiger partial charge in [0.1, 0.15) is 0 Å². The minimum atomic E-state index is 0. The molecular weight excluding hydrogens is 354 g/mol. The first kappa shape index (κ1) is 14.6. The Hall–Kier alpha value is -0.350. The molecule has 1 aromatic carbocycles. The van der Waals surface area contributed by atoms with Crippen LogP contribution in [0.2, 0.25) is 5.02 Å². The molecule has 3 heterocycles. The summed E-state index contributed by atoms with van der Waals surface area (Å²) in [6.45, 7) is 0. The van der Waals surface area contributed by atoms with Gasteiger partial charge in [0.05, 0.1) is 0 Å². The van der Waals surface area contributed by atoms with Crippen molar-refractivity contribution in [2.75, 3.05) is 7.05 Å². The fourth-order valence-electron chi connectivity index (χ4n) is 3.41. The van der Waals surface area contributed by atoms with Crippen molar-refractivity contribution in [1.29, 1.82) is 0 Å². The van der Waals surface area contributed by atoms with Gasteiger partial charge in [-0.1, -0.05) is 23.7 Å². The Bertz CT molecular complexity index is 678. The van der Waals surface area contributed by atoms with Gasteiger partial charge in [-0.25, -0.2) is 0 Å². The van der Waals surface area contributed by atoms with E-state index >= 15 is 0 Å². The molecule has 0 radical (unpaired) electrons. The second-order valence-electron chi connectivity index (χ2n) is 5.62. The van der Waals surface area contributed by atoms with E-state index in [1.807, 2.05) is 23.5 Å². The summed E-state index contributed by atoms with van der Waals surface area (Å²) in [5.41, 5.74) is 1.53. The molecule has 1 saturated heterocycles. The molecule has 2 aliphatic heterocycles. The van der Waals surface area contributed by atoms with E-state index in [0.29, 0.717) is 6.04 Å². The molecule has 2 atom stereocenters. The van der Waals surface area contributed by atoms with Crippen molar-refractivity contribution in [2.24, 2.45) is 0 Å². The van der Waals surface area contributed by atoms with Gasteiger partial charge in [0.25, 0.3) is 0 Å². The van der Waals surface area contributed by atoms with Crippen LogP contribution in [0.15, 0.2) is 30.3 Å². The summed E-state index contributed by atoms with van der Waals surface area (Å²) in [7, 11) is 2.26. The summed E-state index contributed by atoms with van der Waals surface area (Å²) in [4.78, 5) is 3.94. The minimum Gasteiger partial charge on any atom is -0.297 e. The first-order valence-electron chi connectivity index (χ1n) is 6.83. The van der Waals surface area contributed by atoms with Gasteiger partial charge in [0.2, 0.25) is 0 Å². The summed E-state index contributed by atoms with van der Waals surface area (Å²) in [5, 5.41) is 2.08. The van der Waals surface area contributed by atoms with Gasteiger partial charge in [-0.3, -0.25) is 4.90 Å². The van der Waals surface area contributed by atoms with Crippen LogP contribution in [0.25, 0.3) is 15.7 Å². The Kier molecular flexibility index (Phi) is 3.97. The van der Waals surface area contributed by atoms with E-state index in [-0.39, 0.29) is 17.0 Å². The molecule has 4 rings (SSSR count). The monoisotopic (exact) mass is 369 g/mol. The molecule has 20 heavy (non-hydrogen) atoms. The number of fused-ring (bicyclic) bond motifs is 3. The zero-order valence-electron chi connectivity index (χ0n) is 11.3. The zero-order chi connectivity index (χ0) is 13.0. The van der Waals surface area contributed by atoms with Crippen LogP contribution in [-0.2, 0) is 0 Å². The quantitative estimate of drug-likeness (QED) is 0.651. The van der Waals surface area contributed by atoms with Crippen molar-refractivity contribution in [2.45, 2.75) is 31.3 Å². The van der Waals surface area contributed by atoms with Crippen LogP contribution >= 0.6 is 39.9 Å². The molecule has 1 aromatic heterocycles. The molecule has 0 amide bonds. The molecule has 4 heteroatoms. The number of likely N-dealkylation sites (N-methyl/N-ethyl adjacent to an activating group) is 1. The lowest BCUT2D eigenvalue weighted by molar-refractivity contribution is 0.264. The van der Waals surface area contributed by atoms with Gasteiger partial charge >= 0.3 is 0 Å². The number of halogens is 2. The summed E-state index contributed by atoms with van der Waals surface area (Å²) in [5.74, 6) is 0. The molecule has 2 unspecified atom stereocenters. The summed E-state index contributed by atoms with van der Waals surface area (Å²) < 4.78 is 1.30. The fraction of sp³-hybridized carbons (Fsp3) is 0.375. The Morgan fingerprint density at radius 1 is 1.30 bits per heavy atom. The Morgan fingerprint density at radius 3 is 2.90 bits per heavy atom. The van der Waals surface area contributed by atoms with Crippen LogP contribution in [0.1, 0.15) is 24.1 Å². The Balaban J connectivity index is 0.00000121. The smallest absolute Gasteiger partial charge is 0.0493 e. The molecule has 2 aliphatic rings. The first-order valence-corrected chi connectivity index (χ1v) is 8.03. The van der Waals surface area contributed by atoms with Gasteiger partial charge in [-0.15, -0.1) is 28.3 Å². The highest BCUT2D eigenvalue weighted by atomic mass is 79.9. The molecular formula is C16H17BrClNS. The van der Waals surface area contributed by atoms with E-state index < -0.39 is 0 Å². The molecule has 106 valence electrons. The highest BCUT2D eigenvalue weighted by Gasteiger charge is 2.34. The number of benzene rings is 1. The topological polar surface area (TPSA) is 3.24 Å². The van der Waals surface area contributed by atoms with Crippen molar-refractivity contribution >= 4 is 55.6 Å². The van der Waals surface area contributed by atoms with E-state index in [1.54, 1.807) is 0 Å². The third-order valence-electron chi connectivity index (χ3n) is 4.57. The lowest BCUT2D eigenvalue weighted by atomic mass is 10.0. The number of hydrogen-bond donors (Lipinski definition) is 0. The maximum absolute atomic E-state index is 6.28. The van der Waals surface area contributed by atoms with Gasteiger partial charge < -0.3 is 0 Å². The zero-order valence-corrected chi connectivity index (χ0v) is 14.6. The van der Waals surface area contributed by atoms with Gasteiger partial charge in [-0.05, 0) is 50.1 Å². The predicted molar refractivity (Wildman–Crippen MR) is 94.3 cm³/mol. The van der Waals surface area contributed by atoms with E-state index in [4.69, 9.17) is 11.6 Å². The molecule has 1 fully saturated rings. The van der Waals surface area contributed by atoms with E-state index in [9.17, 15) is 0 Å². The van der Waals surface area contributed by atoms with Crippen molar-refractivity contribution in [3.8, 4) is 0 Å². The maximum Gasteiger partial charge on any atom is 0.0493 e. The van der Waals surface area contributed by atoms with Crippen LogP contribution in [0.4, 0.5) is 0 Å². The van der Waals surface area contributed by atoms with Crippen LogP contribution in [-0.4, -0.2) is 24.0 Å². The van der Waals surface area contributed by atoms with Crippen LogP contribution < -0.4 is 0 Å². The third kappa shape index (κ3) is 2.25. The van der Waals surface area contributed by atoms with E-state index in [1.165, 1.54) is 39.8 Å². The highest BCUT2D eigenvalue weighted by Crippen LogP contribution is 2.41. The number of thiophene rings is 1. The van der Waals surface area contributed by atoms with Crippen molar-refractivity contribution in [3.05, 3.63) is 40.2 Å². The number of hydrogen-bond acceptors (Lipinski definition) is 2. The Morgan fingerprint density at radius 2 is 2.15 bits per heavy atom.